The van der Waals surface area contributed by atoms with Crippen molar-refractivity contribution in [1.82, 2.24) is 9.80 Å². The molecule has 3 heterocycles. The van der Waals surface area contributed by atoms with Gasteiger partial charge < -0.3 is 15.0 Å². The summed E-state index contributed by atoms with van der Waals surface area (Å²) in [5.41, 5.74) is 1.49. The highest BCUT2D eigenvalue weighted by molar-refractivity contribution is 6.21. The maximum absolute atomic E-state index is 12.9. The molecule has 5 amide bonds. The number of imide groups is 1. The third-order valence-electron chi connectivity index (χ3n) is 6.89. The van der Waals surface area contributed by atoms with E-state index in [0.29, 0.717) is 41.3 Å². The molecular formula is C27H28N4O6. The number of rotatable bonds is 6. The van der Waals surface area contributed by atoms with Crippen molar-refractivity contribution in [2.75, 3.05) is 36.4 Å². The van der Waals surface area contributed by atoms with E-state index in [9.17, 15) is 24.0 Å². The van der Waals surface area contributed by atoms with Gasteiger partial charge in [0.05, 0.1) is 16.8 Å². The molecule has 5 rings (SSSR count). The lowest BCUT2D eigenvalue weighted by Gasteiger charge is -2.35. The summed E-state index contributed by atoms with van der Waals surface area (Å²) >= 11 is 0. The average molecular weight is 505 g/mol. The van der Waals surface area contributed by atoms with E-state index in [2.05, 4.69) is 5.32 Å². The largest absolute Gasteiger partial charge is 0.479 e. The normalized spacial score (nSPS) is 18.9. The maximum atomic E-state index is 12.9. The number of fused-ring (bicyclic) bond motifs is 2. The second kappa shape index (κ2) is 10.0. The highest BCUT2D eigenvalue weighted by atomic mass is 16.5. The number of hydrogen-bond acceptors (Lipinski definition) is 6. The number of carbonyl (C=O) groups excluding carboxylic acids is 5. The number of ether oxygens (including phenoxy) is 1. The van der Waals surface area contributed by atoms with E-state index in [4.69, 9.17) is 4.74 Å². The molecule has 10 nitrogen and oxygen atoms in total. The lowest BCUT2D eigenvalue weighted by molar-refractivity contribution is -0.133. The van der Waals surface area contributed by atoms with Crippen molar-refractivity contribution in [3.63, 3.8) is 0 Å². The molecular weight excluding hydrogens is 476 g/mol. The second-order valence-electron chi connectivity index (χ2n) is 9.41. The standard InChI is InChI=1S/C27H28N4O6/c1-17-25(34)31(16-24(33)29-12-5-2-6-13-29)21-15-18(9-10-22(21)37-17)28-23(32)11-14-30-26(35)19-7-3-4-8-20(19)27(30)36/h3-4,7-10,15,17H,2,5-6,11-14,16H2,1H3,(H,28,32). The summed E-state index contributed by atoms with van der Waals surface area (Å²) in [6.45, 7) is 2.85. The summed E-state index contributed by atoms with van der Waals surface area (Å²) in [5.74, 6) is -1.23. The Kier molecular flexibility index (Phi) is 6.64. The zero-order valence-corrected chi connectivity index (χ0v) is 20.6. The van der Waals surface area contributed by atoms with Crippen LogP contribution in [0, 0.1) is 0 Å². The predicted molar refractivity (Wildman–Crippen MR) is 134 cm³/mol. The average Bonchev–Trinajstić information content (AvgIpc) is 3.15. The zero-order chi connectivity index (χ0) is 26.1. The molecule has 10 heteroatoms. The van der Waals surface area contributed by atoms with Crippen LogP contribution >= 0.6 is 0 Å². The number of benzene rings is 2. The molecule has 1 saturated heterocycles. The fourth-order valence-corrected chi connectivity index (χ4v) is 4.91. The Labute approximate surface area is 214 Å². The van der Waals surface area contributed by atoms with Crippen LogP contribution in [0.1, 0.15) is 53.3 Å². The van der Waals surface area contributed by atoms with Crippen LogP contribution in [0.4, 0.5) is 11.4 Å². The van der Waals surface area contributed by atoms with Gasteiger partial charge in [-0.25, -0.2) is 0 Å². The summed E-state index contributed by atoms with van der Waals surface area (Å²) in [6, 6.07) is 11.5. The molecule has 2 aromatic carbocycles. The summed E-state index contributed by atoms with van der Waals surface area (Å²) in [4.78, 5) is 67.8. The van der Waals surface area contributed by atoms with Gasteiger partial charge in [0.2, 0.25) is 11.8 Å². The Balaban J connectivity index is 1.26. The van der Waals surface area contributed by atoms with Crippen LogP contribution in [0.15, 0.2) is 42.5 Å². The predicted octanol–water partition coefficient (Wildman–Crippen LogP) is 2.44. The van der Waals surface area contributed by atoms with E-state index >= 15 is 0 Å². The Hall–Kier alpha value is -4.21. The van der Waals surface area contributed by atoms with Gasteiger partial charge in [0, 0.05) is 31.7 Å². The lowest BCUT2D eigenvalue weighted by Crippen LogP contribution is -2.50. The van der Waals surface area contributed by atoms with Crippen molar-refractivity contribution < 1.29 is 28.7 Å². The van der Waals surface area contributed by atoms with Gasteiger partial charge in [0.25, 0.3) is 17.7 Å². The Morgan fingerprint density at radius 3 is 2.30 bits per heavy atom. The first-order valence-corrected chi connectivity index (χ1v) is 12.5. The topological polar surface area (TPSA) is 116 Å². The van der Waals surface area contributed by atoms with Crippen LogP contribution in [0.25, 0.3) is 0 Å². The van der Waals surface area contributed by atoms with Crippen molar-refractivity contribution in [1.29, 1.82) is 0 Å². The fourth-order valence-electron chi connectivity index (χ4n) is 4.91. The van der Waals surface area contributed by atoms with Gasteiger partial charge in [-0.1, -0.05) is 12.1 Å². The van der Waals surface area contributed by atoms with Gasteiger partial charge >= 0.3 is 0 Å². The van der Waals surface area contributed by atoms with E-state index in [-0.39, 0.29) is 31.3 Å². The van der Waals surface area contributed by atoms with Gasteiger partial charge in [0.1, 0.15) is 12.3 Å². The monoisotopic (exact) mass is 504 g/mol. The van der Waals surface area contributed by atoms with Crippen LogP contribution in [-0.2, 0) is 14.4 Å². The van der Waals surface area contributed by atoms with Crippen LogP contribution in [0.2, 0.25) is 0 Å². The summed E-state index contributed by atoms with van der Waals surface area (Å²) < 4.78 is 5.72. The quantitative estimate of drug-likeness (QED) is 0.604. The van der Waals surface area contributed by atoms with Crippen LogP contribution in [0.5, 0.6) is 5.75 Å². The first kappa shape index (κ1) is 24.5. The van der Waals surface area contributed by atoms with Gasteiger partial charge in [-0.05, 0) is 56.5 Å². The summed E-state index contributed by atoms with van der Waals surface area (Å²) in [6.07, 6.45) is 2.17. The smallest absolute Gasteiger partial charge is 0.268 e. The molecule has 0 spiro atoms. The molecule has 0 saturated carbocycles. The number of hydrogen-bond donors (Lipinski definition) is 1. The highest BCUT2D eigenvalue weighted by Crippen LogP contribution is 2.36. The Morgan fingerprint density at radius 2 is 1.62 bits per heavy atom. The molecule has 3 aliphatic heterocycles. The third kappa shape index (κ3) is 4.78. The Bertz CT molecular complexity index is 1250. The van der Waals surface area contributed by atoms with Crippen LogP contribution in [-0.4, -0.2) is 71.6 Å². The first-order valence-electron chi connectivity index (χ1n) is 12.5. The molecule has 2 aromatic rings. The molecule has 37 heavy (non-hydrogen) atoms. The lowest BCUT2D eigenvalue weighted by atomic mass is 10.1. The molecule has 0 bridgehead atoms. The molecule has 1 unspecified atom stereocenters. The molecule has 192 valence electrons. The van der Waals surface area contributed by atoms with Gasteiger partial charge in [-0.2, -0.15) is 0 Å². The van der Waals surface area contributed by atoms with Crippen molar-refractivity contribution in [2.45, 2.75) is 38.7 Å². The van der Waals surface area contributed by atoms with Crippen molar-refractivity contribution in [3.8, 4) is 5.75 Å². The summed E-state index contributed by atoms with van der Waals surface area (Å²) in [7, 11) is 0. The van der Waals surface area contributed by atoms with Gasteiger partial charge in [-0.3, -0.25) is 33.8 Å². The summed E-state index contributed by atoms with van der Waals surface area (Å²) in [5, 5.41) is 2.75. The van der Waals surface area contributed by atoms with E-state index in [1.165, 1.54) is 4.90 Å². The highest BCUT2D eigenvalue weighted by Gasteiger charge is 2.36. The number of nitrogens with one attached hydrogen (secondary N) is 1. The Morgan fingerprint density at radius 1 is 0.946 bits per heavy atom. The minimum absolute atomic E-state index is 0.0569. The second-order valence-corrected chi connectivity index (χ2v) is 9.41. The number of likely N-dealkylation sites (tertiary alicyclic amines) is 1. The fraction of sp³-hybridized carbons (Fsp3) is 0.370. The van der Waals surface area contributed by atoms with Crippen molar-refractivity contribution in [3.05, 3.63) is 53.6 Å². The minimum Gasteiger partial charge on any atom is -0.479 e. The number of carbonyl (C=O) groups is 5. The first-order chi connectivity index (χ1) is 17.8. The number of nitrogens with zero attached hydrogens (tertiary/aromatic N) is 3. The van der Waals surface area contributed by atoms with Gasteiger partial charge in [0.15, 0.2) is 6.10 Å². The van der Waals surface area contributed by atoms with Crippen molar-refractivity contribution in [2.24, 2.45) is 0 Å². The number of anilines is 2. The van der Waals surface area contributed by atoms with Crippen LogP contribution in [0.3, 0.4) is 0 Å². The molecule has 1 N–H and O–H groups in total. The molecule has 0 aliphatic carbocycles. The van der Waals surface area contributed by atoms with Crippen molar-refractivity contribution >= 4 is 40.9 Å². The molecule has 3 aliphatic rings. The van der Waals surface area contributed by atoms with Crippen LogP contribution < -0.4 is 15.0 Å². The molecule has 0 aromatic heterocycles. The molecule has 0 radical (unpaired) electrons. The SMILES string of the molecule is CC1Oc2ccc(NC(=O)CCN3C(=O)c4ccccc4C3=O)cc2N(CC(=O)N2CCCCC2)C1=O. The van der Waals surface area contributed by atoms with Gasteiger partial charge in [-0.15, -0.1) is 0 Å². The number of amides is 5. The number of piperidine rings is 1. The molecule has 1 fully saturated rings. The van der Waals surface area contributed by atoms with E-state index < -0.39 is 23.8 Å². The third-order valence-corrected chi connectivity index (χ3v) is 6.89. The van der Waals surface area contributed by atoms with E-state index in [1.807, 2.05) is 0 Å². The van der Waals surface area contributed by atoms with E-state index in [0.717, 1.165) is 24.2 Å². The van der Waals surface area contributed by atoms with E-state index in [1.54, 1.807) is 54.3 Å². The maximum Gasteiger partial charge on any atom is 0.268 e. The zero-order valence-electron chi connectivity index (χ0n) is 20.6. The molecule has 1 atom stereocenters. The minimum atomic E-state index is -0.734.